The van der Waals surface area contributed by atoms with Gasteiger partial charge in [-0.1, -0.05) is 36.1 Å². The number of rotatable bonds is 7. The van der Waals surface area contributed by atoms with Crippen molar-refractivity contribution in [2.75, 3.05) is 11.5 Å². The number of aliphatic hydroxyl groups excluding tert-OH is 1. The average Bonchev–Trinajstić information content (AvgIpc) is 3.39. The van der Waals surface area contributed by atoms with Gasteiger partial charge in [0, 0.05) is 30.1 Å². The molecule has 3 aromatic rings. The number of aromatic nitrogens is 2. The van der Waals surface area contributed by atoms with Gasteiger partial charge in [0.25, 0.3) is 11.5 Å². The van der Waals surface area contributed by atoms with Crippen LogP contribution in [0.2, 0.25) is 0 Å². The molecule has 0 saturated carbocycles. The number of ketones is 1. The smallest absolute Gasteiger partial charge is 0.350 e. The fraction of sp³-hybridized carbons (Fsp3) is 0.125. The summed E-state index contributed by atoms with van der Waals surface area (Å²) in [5, 5.41) is 22.5. The van der Waals surface area contributed by atoms with Crippen LogP contribution in [0.1, 0.15) is 32.5 Å². The van der Waals surface area contributed by atoms with Gasteiger partial charge >= 0.3 is 11.9 Å². The predicted molar refractivity (Wildman–Crippen MR) is 129 cm³/mol. The molecule has 0 radical (unpaired) electrons. The number of nitrogens with zero attached hydrogens (tertiary/aromatic N) is 4. The first-order chi connectivity index (χ1) is 17.2. The van der Waals surface area contributed by atoms with Gasteiger partial charge in [0.15, 0.2) is 5.13 Å². The number of benzene rings is 1. The Balaban J connectivity index is 1.91. The van der Waals surface area contributed by atoms with E-state index in [4.69, 9.17) is 4.74 Å². The first kappa shape index (κ1) is 24.4. The summed E-state index contributed by atoms with van der Waals surface area (Å²) in [6.45, 7) is 5.00. The molecule has 1 aliphatic rings. The lowest BCUT2D eigenvalue weighted by atomic mass is 9.95. The summed E-state index contributed by atoms with van der Waals surface area (Å²) in [6.07, 6.45) is 4.20. The Kier molecular flexibility index (Phi) is 6.70. The minimum Gasteiger partial charge on any atom is -0.507 e. The van der Waals surface area contributed by atoms with Gasteiger partial charge in [-0.25, -0.2) is 9.78 Å². The lowest BCUT2D eigenvalue weighted by Crippen LogP contribution is -2.29. The number of pyridine rings is 1. The number of ether oxygens (including phenoxy) is 1. The van der Waals surface area contributed by atoms with Crippen LogP contribution >= 0.6 is 11.3 Å². The molecule has 1 N–H and O–H groups in total. The highest BCUT2D eigenvalue weighted by molar-refractivity contribution is 7.17. The van der Waals surface area contributed by atoms with Gasteiger partial charge in [-0.3, -0.25) is 29.6 Å². The molecule has 11 nitrogen and oxygen atoms in total. The first-order valence-corrected chi connectivity index (χ1v) is 11.3. The number of thiazole rings is 1. The highest BCUT2D eigenvalue weighted by Gasteiger charge is 2.48. The van der Waals surface area contributed by atoms with Crippen molar-refractivity contribution in [2.24, 2.45) is 0 Å². The van der Waals surface area contributed by atoms with E-state index in [1.165, 1.54) is 54.9 Å². The molecule has 4 rings (SSSR count). The summed E-state index contributed by atoms with van der Waals surface area (Å²) in [5.41, 5.74) is 0.129. The van der Waals surface area contributed by atoms with Crippen molar-refractivity contribution in [1.29, 1.82) is 0 Å². The van der Waals surface area contributed by atoms with Crippen LogP contribution in [0.4, 0.5) is 10.8 Å². The van der Waals surface area contributed by atoms with E-state index < -0.39 is 34.4 Å². The van der Waals surface area contributed by atoms with Crippen molar-refractivity contribution >= 4 is 45.6 Å². The number of carbonyl (C=O) groups excluding carboxylic acids is 3. The summed E-state index contributed by atoms with van der Waals surface area (Å²) in [7, 11) is 0. The van der Waals surface area contributed by atoms with Crippen LogP contribution in [0.25, 0.3) is 5.76 Å². The van der Waals surface area contributed by atoms with Crippen LogP contribution in [0, 0.1) is 17.0 Å². The lowest BCUT2D eigenvalue weighted by molar-refractivity contribution is -0.384. The SMILES string of the molecule is C=CCOC(=O)c1sc(N2C(=O)C(=O)C(=C(O)c3ccncc3)C2c2cccc([N+](=O)[O-])c2)nc1C. The maximum absolute atomic E-state index is 13.2. The van der Waals surface area contributed by atoms with Crippen molar-refractivity contribution in [2.45, 2.75) is 13.0 Å². The summed E-state index contributed by atoms with van der Waals surface area (Å²) in [5.74, 6) is -3.18. The number of esters is 1. The molecule has 1 atom stereocenters. The first-order valence-electron chi connectivity index (χ1n) is 10.5. The number of carbonyl (C=O) groups is 3. The molecule has 2 aromatic heterocycles. The minimum atomic E-state index is -1.25. The van der Waals surface area contributed by atoms with Crippen molar-refractivity contribution in [3.8, 4) is 0 Å². The van der Waals surface area contributed by atoms with E-state index in [1.807, 2.05) is 0 Å². The molecule has 1 saturated heterocycles. The normalized spacial score (nSPS) is 16.7. The Labute approximate surface area is 208 Å². The van der Waals surface area contributed by atoms with Gasteiger partial charge in [0.2, 0.25) is 0 Å². The van der Waals surface area contributed by atoms with E-state index >= 15 is 0 Å². The van der Waals surface area contributed by atoms with Crippen LogP contribution < -0.4 is 4.90 Å². The Morgan fingerprint density at radius 1 is 1.31 bits per heavy atom. The molecule has 1 amide bonds. The molecule has 3 heterocycles. The second kappa shape index (κ2) is 9.88. The van der Waals surface area contributed by atoms with E-state index in [2.05, 4.69) is 16.5 Å². The van der Waals surface area contributed by atoms with Crippen LogP contribution in [0.15, 0.2) is 67.0 Å². The zero-order chi connectivity index (χ0) is 26.0. The third-order valence-electron chi connectivity index (χ3n) is 5.30. The number of hydrogen-bond acceptors (Lipinski definition) is 10. The number of aliphatic hydroxyl groups is 1. The molecule has 1 unspecified atom stereocenters. The molecule has 0 aliphatic carbocycles. The number of nitro benzene ring substituents is 1. The molecule has 12 heteroatoms. The van der Waals surface area contributed by atoms with Gasteiger partial charge in [-0.05, 0) is 24.6 Å². The maximum Gasteiger partial charge on any atom is 0.350 e. The van der Waals surface area contributed by atoms with Crippen molar-refractivity contribution in [1.82, 2.24) is 9.97 Å². The quantitative estimate of drug-likeness (QED) is 0.0960. The van der Waals surface area contributed by atoms with Crippen LogP contribution in [-0.2, 0) is 14.3 Å². The Hall–Kier alpha value is -4.71. The molecule has 0 spiro atoms. The third-order valence-corrected chi connectivity index (χ3v) is 6.44. The number of Topliss-reactive ketones (excluding diaryl/α,β-unsaturated/α-hetero) is 1. The highest BCUT2D eigenvalue weighted by atomic mass is 32.1. The molecule has 182 valence electrons. The summed E-state index contributed by atoms with van der Waals surface area (Å²) >= 11 is 0.824. The van der Waals surface area contributed by atoms with Crippen molar-refractivity contribution in [3.05, 3.63) is 98.8 Å². The van der Waals surface area contributed by atoms with Gasteiger partial charge < -0.3 is 9.84 Å². The summed E-state index contributed by atoms with van der Waals surface area (Å²) in [6, 6.07) is 7.04. The van der Waals surface area contributed by atoms with Gasteiger partial charge in [0.1, 0.15) is 17.2 Å². The summed E-state index contributed by atoms with van der Waals surface area (Å²) < 4.78 is 5.07. The fourth-order valence-corrected chi connectivity index (χ4v) is 4.68. The Morgan fingerprint density at radius 3 is 2.69 bits per heavy atom. The number of hydrogen-bond donors (Lipinski definition) is 1. The largest absolute Gasteiger partial charge is 0.507 e. The van der Waals surface area contributed by atoms with Crippen LogP contribution in [0.3, 0.4) is 0 Å². The van der Waals surface area contributed by atoms with E-state index in [1.54, 1.807) is 6.92 Å². The van der Waals surface area contributed by atoms with E-state index in [9.17, 15) is 29.6 Å². The number of non-ortho nitro benzene ring substituents is 1. The number of aryl methyl sites for hydroxylation is 1. The second-order valence-electron chi connectivity index (χ2n) is 7.56. The standard InChI is InChI=1S/C24H18N4O7S/c1-3-11-35-23(32)21-13(2)26-24(36-21)27-18(15-5-4-6-16(12-15)28(33)34)17(20(30)22(27)31)19(29)14-7-9-25-10-8-14/h3-10,12,18,29H,1,11H2,2H3. The van der Waals surface area contributed by atoms with Gasteiger partial charge in [-0.15, -0.1) is 0 Å². The molecule has 0 bridgehead atoms. The number of nitro groups is 1. The average molecular weight is 506 g/mol. The zero-order valence-electron chi connectivity index (χ0n) is 18.8. The summed E-state index contributed by atoms with van der Waals surface area (Å²) in [4.78, 5) is 59.0. The number of amides is 1. The topological polar surface area (TPSA) is 153 Å². The lowest BCUT2D eigenvalue weighted by Gasteiger charge is -2.22. The molecule has 1 aromatic carbocycles. The number of anilines is 1. The predicted octanol–water partition coefficient (Wildman–Crippen LogP) is 3.72. The zero-order valence-corrected chi connectivity index (χ0v) is 19.6. The van der Waals surface area contributed by atoms with E-state index in [-0.39, 0.29) is 44.7 Å². The highest BCUT2D eigenvalue weighted by Crippen LogP contribution is 2.44. The molecule has 1 fully saturated rings. The maximum atomic E-state index is 13.2. The van der Waals surface area contributed by atoms with Crippen molar-refractivity contribution < 1.29 is 29.2 Å². The van der Waals surface area contributed by atoms with Gasteiger partial charge in [-0.2, -0.15) is 0 Å². The minimum absolute atomic E-state index is 0.00885. The molecule has 1 aliphatic heterocycles. The monoisotopic (exact) mass is 506 g/mol. The fourth-order valence-electron chi connectivity index (χ4n) is 3.69. The molecular weight excluding hydrogens is 488 g/mol. The van der Waals surface area contributed by atoms with Crippen LogP contribution in [0.5, 0.6) is 0 Å². The van der Waals surface area contributed by atoms with Crippen molar-refractivity contribution in [3.63, 3.8) is 0 Å². The Morgan fingerprint density at radius 2 is 2.03 bits per heavy atom. The molecule has 36 heavy (non-hydrogen) atoms. The van der Waals surface area contributed by atoms with E-state index in [0.717, 1.165) is 16.2 Å². The van der Waals surface area contributed by atoms with Crippen LogP contribution in [-0.4, -0.2) is 44.3 Å². The second-order valence-corrected chi connectivity index (χ2v) is 8.53. The van der Waals surface area contributed by atoms with Gasteiger partial charge in [0.05, 0.1) is 22.2 Å². The Bertz CT molecular complexity index is 1430. The van der Waals surface area contributed by atoms with E-state index in [0.29, 0.717) is 0 Å². The molecular formula is C24H18N4O7S. The third kappa shape index (κ3) is 4.36.